The summed E-state index contributed by atoms with van der Waals surface area (Å²) >= 11 is 0. The fraction of sp³-hybridized carbons (Fsp3) is 0.350. The topological polar surface area (TPSA) is 45.5 Å². The summed E-state index contributed by atoms with van der Waals surface area (Å²) in [4.78, 5) is 4.81. The Kier molecular flexibility index (Phi) is 4.57. The first-order chi connectivity index (χ1) is 12.3. The molecule has 0 N–H and O–H groups in total. The highest BCUT2D eigenvalue weighted by atomic mass is 16.5. The van der Waals surface area contributed by atoms with Crippen LogP contribution in [-0.4, -0.2) is 29.9 Å². The molecule has 0 saturated carbocycles. The highest BCUT2D eigenvalue weighted by Crippen LogP contribution is 2.30. The summed E-state index contributed by atoms with van der Waals surface area (Å²) in [7, 11) is 1.66. The molecule has 0 aliphatic carbocycles. The summed E-state index contributed by atoms with van der Waals surface area (Å²) in [5.74, 6) is 2.68. The molecule has 2 aromatic carbocycles. The Balaban J connectivity index is 1.52. The van der Waals surface area contributed by atoms with E-state index < -0.39 is 0 Å². The molecule has 0 amide bonds. The number of hydrogen-bond donors (Lipinski definition) is 0. The Bertz CT molecular complexity index is 836. The number of aromatic nitrogens is 2. The van der Waals surface area contributed by atoms with Crippen LogP contribution in [0.4, 0.5) is 0 Å². The van der Waals surface area contributed by atoms with Gasteiger partial charge in [-0.2, -0.15) is 0 Å². The molecule has 1 fully saturated rings. The van der Waals surface area contributed by atoms with Gasteiger partial charge in [-0.05, 0) is 49.2 Å². The minimum atomic E-state index is 0.0911. The van der Waals surface area contributed by atoms with Crippen molar-refractivity contribution in [2.75, 3.05) is 20.3 Å². The van der Waals surface area contributed by atoms with E-state index in [4.69, 9.17) is 19.2 Å². The van der Waals surface area contributed by atoms with Crippen molar-refractivity contribution in [2.24, 2.45) is 0 Å². The molecule has 1 atom stereocenters. The first-order valence-corrected chi connectivity index (χ1v) is 8.69. The Morgan fingerprint density at radius 1 is 1.12 bits per heavy atom. The monoisotopic (exact) mass is 338 g/mol. The Hall–Kier alpha value is -2.53. The molecule has 0 radical (unpaired) electrons. The Morgan fingerprint density at radius 3 is 2.68 bits per heavy atom. The van der Waals surface area contributed by atoms with Crippen molar-refractivity contribution >= 4 is 11.0 Å². The van der Waals surface area contributed by atoms with Gasteiger partial charge in [-0.1, -0.05) is 12.1 Å². The summed E-state index contributed by atoms with van der Waals surface area (Å²) in [6.07, 6.45) is 2.21. The lowest BCUT2D eigenvalue weighted by Crippen LogP contribution is -2.13. The molecule has 4 rings (SSSR count). The van der Waals surface area contributed by atoms with Crippen molar-refractivity contribution in [1.29, 1.82) is 0 Å². The molecular formula is C20H22N2O3. The van der Waals surface area contributed by atoms with Gasteiger partial charge in [-0.3, -0.25) is 0 Å². The molecule has 5 heteroatoms. The fourth-order valence-electron chi connectivity index (χ4n) is 3.28. The van der Waals surface area contributed by atoms with Crippen LogP contribution in [0.25, 0.3) is 11.0 Å². The van der Waals surface area contributed by atoms with Crippen LogP contribution in [-0.2, 0) is 11.3 Å². The molecule has 25 heavy (non-hydrogen) atoms. The summed E-state index contributed by atoms with van der Waals surface area (Å²) in [5, 5.41) is 0. The van der Waals surface area contributed by atoms with Crippen LogP contribution >= 0.6 is 0 Å². The van der Waals surface area contributed by atoms with Crippen LogP contribution in [0.5, 0.6) is 11.5 Å². The molecule has 1 aliphatic heterocycles. The lowest BCUT2D eigenvalue weighted by molar-refractivity contribution is 0.101. The van der Waals surface area contributed by atoms with Crippen LogP contribution in [0.1, 0.15) is 24.8 Å². The van der Waals surface area contributed by atoms with Crippen LogP contribution in [0.15, 0.2) is 48.5 Å². The fourth-order valence-corrected chi connectivity index (χ4v) is 3.28. The number of nitrogens with zero attached hydrogens (tertiary/aromatic N) is 2. The van der Waals surface area contributed by atoms with Gasteiger partial charge in [0.2, 0.25) is 0 Å². The highest BCUT2D eigenvalue weighted by Gasteiger charge is 2.24. The number of methoxy groups -OCH3 is 1. The Labute approximate surface area is 147 Å². The standard InChI is InChI=1S/C20H22N2O3/c1-23-15-8-10-16(11-9-15)24-14-12-22-18-6-3-2-5-17(18)21-20(22)19-7-4-13-25-19/h2-3,5-6,8-11,19H,4,7,12-14H2,1H3. The van der Waals surface area contributed by atoms with Gasteiger partial charge in [0.05, 0.1) is 24.7 Å². The van der Waals surface area contributed by atoms with Crippen LogP contribution in [0.2, 0.25) is 0 Å². The molecule has 0 spiro atoms. The van der Waals surface area contributed by atoms with Crippen molar-refractivity contribution in [1.82, 2.24) is 9.55 Å². The average Bonchev–Trinajstić information content (AvgIpc) is 3.30. The highest BCUT2D eigenvalue weighted by molar-refractivity contribution is 5.76. The number of para-hydroxylation sites is 2. The molecule has 1 saturated heterocycles. The minimum Gasteiger partial charge on any atom is -0.497 e. The number of fused-ring (bicyclic) bond motifs is 1. The molecule has 2 heterocycles. The second kappa shape index (κ2) is 7.15. The van der Waals surface area contributed by atoms with E-state index in [0.29, 0.717) is 6.61 Å². The van der Waals surface area contributed by atoms with E-state index in [1.165, 1.54) is 0 Å². The maximum absolute atomic E-state index is 5.90. The van der Waals surface area contributed by atoms with Gasteiger partial charge in [0.15, 0.2) is 0 Å². The lowest BCUT2D eigenvalue weighted by atomic mass is 10.2. The third kappa shape index (κ3) is 3.33. The maximum Gasteiger partial charge on any atom is 0.139 e. The van der Waals surface area contributed by atoms with Gasteiger partial charge in [0.1, 0.15) is 30.0 Å². The van der Waals surface area contributed by atoms with Gasteiger partial charge in [-0.15, -0.1) is 0 Å². The number of ether oxygens (including phenoxy) is 3. The van der Waals surface area contributed by atoms with Crippen molar-refractivity contribution in [2.45, 2.75) is 25.5 Å². The van der Waals surface area contributed by atoms with E-state index >= 15 is 0 Å². The van der Waals surface area contributed by atoms with E-state index in [9.17, 15) is 0 Å². The predicted molar refractivity (Wildman–Crippen MR) is 96.1 cm³/mol. The third-order valence-electron chi connectivity index (χ3n) is 4.54. The van der Waals surface area contributed by atoms with Crippen molar-refractivity contribution in [3.8, 4) is 11.5 Å². The van der Waals surface area contributed by atoms with Crippen LogP contribution in [0.3, 0.4) is 0 Å². The smallest absolute Gasteiger partial charge is 0.139 e. The van der Waals surface area contributed by atoms with E-state index in [0.717, 1.165) is 54.4 Å². The zero-order valence-corrected chi connectivity index (χ0v) is 14.4. The van der Waals surface area contributed by atoms with Gasteiger partial charge in [0, 0.05) is 6.61 Å². The van der Waals surface area contributed by atoms with Gasteiger partial charge in [0.25, 0.3) is 0 Å². The second-order valence-electron chi connectivity index (χ2n) is 6.14. The summed E-state index contributed by atoms with van der Waals surface area (Å²) in [6, 6.07) is 15.9. The summed E-state index contributed by atoms with van der Waals surface area (Å²) in [5.41, 5.74) is 2.14. The summed E-state index contributed by atoms with van der Waals surface area (Å²) < 4.78 is 19.2. The largest absolute Gasteiger partial charge is 0.497 e. The maximum atomic E-state index is 5.90. The first kappa shape index (κ1) is 16.0. The molecule has 0 bridgehead atoms. The molecular weight excluding hydrogens is 316 g/mol. The molecule has 5 nitrogen and oxygen atoms in total. The van der Waals surface area contributed by atoms with E-state index in [1.54, 1.807) is 7.11 Å². The SMILES string of the molecule is COc1ccc(OCCn2c(C3CCCO3)nc3ccccc32)cc1. The second-order valence-corrected chi connectivity index (χ2v) is 6.14. The predicted octanol–water partition coefficient (Wildman–Crippen LogP) is 3.98. The summed E-state index contributed by atoms with van der Waals surface area (Å²) in [6.45, 7) is 2.13. The number of rotatable bonds is 6. The molecule has 1 aromatic heterocycles. The third-order valence-corrected chi connectivity index (χ3v) is 4.54. The molecule has 3 aromatic rings. The van der Waals surface area contributed by atoms with Crippen molar-refractivity contribution in [3.05, 3.63) is 54.4 Å². The number of imidazole rings is 1. The normalized spacial score (nSPS) is 17.1. The zero-order valence-electron chi connectivity index (χ0n) is 14.4. The number of benzene rings is 2. The molecule has 1 unspecified atom stereocenters. The van der Waals surface area contributed by atoms with Crippen molar-refractivity contribution in [3.63, 3.8) is 0 Å². The zero-order chi connectivity index (χ0) is 17.1. The van der Waals surface area contributed by atoms with Gasteiger partial charge in [-0.25, -0.2) is 4.98 Å². The van der Waals surface area contributed by atoms with Crippen LogP contribution < -0.4 is 9.47 Å². The van der Waals surface area contributed by atoms with Crippen LogP contribution in [0, 0.1) is 0 Å². The first-order valence-electron chi connectivity index (χ1n) is 8.69. The van der Waals surface area contributed by atoms with E-state index in [2.05, 4.69) is 16.7 Å². The average molecular weight is 338 g/mol. The molecule has 130 valence electrons. The van der Waals surface area contributed by atoms with E-state index in [-0.39, 0.29) is 6.10 Å². The quantitative estimate of drug-likeness (QED) is 0.682. The van der Waals surface area contributed by atoms with Gasteiger partial charge < -0.3 is 18.8 Å². The van der Waals surface area contributed by atoms with E-state index in [1.807, 2.05) is 36.4 Å². The Morgan fingerprint density at radius 2 is 1.92 bits per heavy atom. The molecule has 1 aliphatic rings. The number of hydrogen-bond acceptors (Lipinski definition) is 4. The van der Waals surface area contributed by atoms with Crippen molar-refractivity contribution < 1.29 is 14.2 Å². The minimum absolute atomic E-state index is 0.0911. The lowest BCUT2D eigenvalue weighted by Gasteiger charge is -2.14. The van der Waals surface area contributed by atoms with Gasteiger partial charge >= 0.3 is 0 Å².